The number of carbonyl (C=O) groups is 1. The van der Waals surface area contributed by atoms with Gasteiger partial charge in [0.2, 0.25) is 5.91 Å². The van der Waals surface area contributed by atoms with E-state index in [0.29, 0.717) is 6.54 Å². The molecule has 1 fully saturated rings. The standard InChI is InChI=1S/C23H29N3O3/c1-4-24-23(27)20-13-16-5-8-19(29-3)14-21(16)26-12-11-25(15-22(20)26)17-6-9-18(28-2)10-7-17/h5-10,14,20,22H,4,11-13,15H2,1-3H3,(H,24,27)/t20-,22-/m1/s1. The Hall–Kier alpha value is -2.89. The van der Waals surface area contributed by atoms with Crippen molar-refractivity contribution in [1.82, 2.24) is 5.32 Å². The number of fused-ring (bicyclic) bond motifs is 3. The highest BCUT2D eigenvalue weighted by Crippen LogP contribution is 2.39. The van der Waals surface area contributed by atoms with Gasteiger partial charge in [-0.3, -0.25) is 4.79 Å². The van der Waals surface area contributed by atoms with Crippen molar-refractivity contribution < 1.29 is 14.3 Å². The van der Waals surface area contributed by atoms with Gasteiger partial charge >= 0.3 is 0 Å². The molecule has 29 heavy (non-hydrogen) atoms. The van der Waals surface area contributed by atoms with Gasteiger partial charge in [0, 0.05) is 43.6 Å². The normalized spacial score (nSPS) is 20.5. The number of hydrogen-bond acceptors (Lipinski definition) is 5. The monoisotopic (exact) mass is 395 g/mol. The summed E-state index contributed by atoms with van der Waals surface area (Å²) >= 11 is 0. The molecule has 2 aromatic rings. The summed E-state index contributed by atoms with van der Waals surface area (Å²) in [5.74, 6) is 1.78. The van der Waals surface area contributed by atoms with Crippen LogP contribution in [-0.4, -0.2) is 52.3 Å². The van der Waals surface area contributed by atoms with Crippen LogP contribution in [0.2, 0.25) is 0 Å². The summed E-state index contributed by atoms with van der Waals surface area (Å²) in [6.45, 7) is 5.21. The van der Waals surface area contributed by atoms with Crippen molar-refractivity contribution in [2.75, 3.05) is 50.2 Å². The Bertz CT molecular complexity index is 868. The average molecular weight is 396 g/mol. The first-order chi connectivity index (χ1) is 14.1. The Balaban J connectivity index is 1.65. The number of nitrogens with one attached hydrogen (secondary N) is 1. The summed E-state index contributed by atoms with van der Waals surface area (Å²) in [7, 11) is 3.37. The predicted molar refractivity (Wildman–Crippen MR) is 115 cm³/mol. The second kappa shape index (κ2) is 8.23. The van der Waals surface area contributed by atoms with Crippen LogP contribution in [0.1, 0.15) is 12.5 Å². The largest absolute Gasteiger partial charge is 0.497 e. The van der Waals surface area contributed by atoms with Crippen LogP contribution in [0, 0.1) is 5.92 Å². The van der Waals surface area contributed by atoms with E-state index < -0.39 is 0 Å². The summed E-state index contributed by atoms with van der Waals surface area (Å²) in [6, 6.07) is 14.5. The molecule has 0 unspecified atom stereocenters. The van der Waals surface area contributed by atoms with Crippen LogP contribution >= 0.6 is 0 Å². The van der Waals surface area contributed by atoms with Crippen molar-refractivity contribution in [3.8, 4) is 11.5 Å². The molecule has 2 atom stereocenters. The van der Waals surface area contributed by atoms with E-state index in [1.807, 2.05) is 25.1 Å². The zero-order valence-electron chi connectivity index (χ0n) is 17.4. The third kappa shape index (κ3) is 3.71. The van der Waals surface area contributed by atoms with Gasteiger partial charge in [0.15, 0.2) is 0 Å². The summed E-state index contributed by atoms with van der Waals surface area (Å²) in [5, 5.41) is 3.05. The highest BCUT2D eigenvalue weighted by molar-refractivity contribution is 5.82. The molecule has 1 saturated heterocycles. The number of piperazine rings is 1. The molecule has 0 aromatic heterocycles. The Kier molecular flexibility index (Phi) is 5.51. The van der Waals surface area contributed by atoms with Crippen molar-refractivity contribution >= 4 is 17.3 Å². The first-order valence-electron chi connectivity index (χ1n) is 10.2. The number of nitrogens with zero attached hydrogens (tertiary/aromatic N) is 2. The topological polar surface area (TPSA) is 54.0 Å². The van der Waals surface area contributed by atoms with Gasteiger partial charge in [0.1, 0.15) is 11.5 Å². The van der Waals surface area contributed by atoms with Crippen molar-refractivity contribution in [3.05, 3.63) is 48.0 Å². The van der Waals surface area contributed by atoms with Crippen molar-refractivity contribution in [2.24, 2.45) is 5.92 Å². The molecule has 154 valence electrons. The van der Waals surface area contributed by atoms with Crippen LogP contribution in [0.5, 0.6) is 11.5 Å². The van der Waals surface area contributed by atoms with E-state index in [9.17, 15) is 4.79 Å². The maximum absolute atomic E-state index is 12.9. The van der Waals surface area contributed by atoms with Crippen molar-refractivity contribution in [2.45, 2.75) is 19.4 Å². The van der Waals surface area contributed by atoms with E-state index in [1.54, 1.807) is 14.2 Å². The van der Waals surface area contributed by atoms with Crippen LogP contribution in [0.15, 0.2) is 42.5 Å². The fourth-order valence-corrected chi connectivity index (χ4v) is 4.54. The van der Waals surface area contributed by atoms with Crippen LogP contribution in [0.25, 0.3) is 0 Å². The highest BCUT2D eigenvalue weighted by atomic mass is 16.5. The maximum Gasteiger partial charge on any atom is 0.225 e. The highest BCUT2D eigenvalue weighted by Gasteiger charge is 2.41. The second-order valence-electron chi connectivity index (χ2n) is 7.60. The number of anilines is 2. The van der Waals surface area contributed by atoms with Crippen molar-refractivity contribution in [1.29, 1.82) is 0 Å². The third-order valence-corrected chi connectivity index (χ3v) is 6.05. The molecule has 0 spiro atoms. The lowest BCUT2D eigenvalue weighted by atomic mass is 9.83. The first-order valence-corrected chi connectivity index (χ1v) is 10.2. The lowest BCUT2D eigenvalue weighted by Gasteiger charge is -2.49. The number of methoxy groups -OCH3 is 2. The third-order valence-electron chi connectivity index (χ3n) is 6.05. The number of rotatable bonds is 5. The molecule has 2 aromatic carbocycles. The van der Waals surface area contributed by atoms with Gasteiger partial charge in [0.05, 0.1) is 26.2 Å². The number of amides is 1. The second-order valence-corrected chi connectivity index (χ2v) is 7.60. The molecule has 0 saturated carbocycles. The van der Waals surface area contributed by atoms with Gasteiger partial charge in [-0.25, -0.2) is 0 Å². The predicted octanol–water partition coefficient (Wildman–Crippen LogP) is 2.71. The number of carbonyl (C=O) groups excluding carboxylic acids is 1. The SMILES string of the molecule is CCNC(=O)[C@@H]1Cc2ccc(OC)cc2N2CCN(c3ccc(OC)cc3)C[C@H]12. The minimum absolute atomic E-state index is 0.0723. The van der Waals surface area contributed by atoms with Gasteiger partial charge < -0.3 is 24.6 Å². The summed E-state index contributed by atoms with van der Waals surface area (Å²) in [6.07, 6.45) is 0.753. The molecule has 2 aliphatic rings. The molecule has 2 aliphatic heterocycles. The zero-order chi connectivity index (χ0) is 20.4. The molecule has 2 heterocycles. The molecule has 0 radical (unpaired) electrons. The van der Waals surface area contributed by atoms with Crippen LogP contribution in [0.4, 0.5) is 11.4 Å². The van der Waals surface area contributed by atoms with Crippen molar-refractivity contribution in [3.63, 3.8) is 0 Å². The molecule has 4 rings (SSSR count). The minimum atomic E-state index is -0.0723. The summed E-state index contributed by atoms with van der Waals surface area (Å²) < 4.78 is 10.7. The fourth-order valence-electron chi connectivity index (χ4n) is 4.54. The molecule has 6 nitrogen and oxygen atoms in total. The Morgan fingerprint density at radius 1 is 1.07 bits per heavy atom. The lowest BCUT2D eigenvalue weighted by Crippen LogP contribution is -2.61. The fraction of sp³-hybridized carbons (Fsp3) is 0.435. The van der Waals surface area contributed by atoms with Gasteiger partial charge in [0.25, 0.3) is 0 Å². The van der Waals surface area contributed by atoms with E-state index in [1.165, 1.54) is 11.3 Å². The smallest absolute Gasteiger partial charge is 0.225 e. The molecule has 0 aliphatic carbocycles. The minimum Gasteiger partial charge on any atom is -0.497 e. The maximum atomic E-state index is 12.9. The van der Waals surface area contributed by atoms with E-state index in [2.05, 4.69) is 39.4 Å². The number of benzene rings is 2. The van der Waals surface area contributed by atoms with Gasteiger partial charge in [-0.2, -0.15) is 0 Å². The molecule has 0 bridgehead atoms. The Morgan fingerprint density at radius 3 is 2.48 bits per heavy atom. The quantitative estimate of drug-likeness (QED) is 0.844. The summed E-state index contributed by atoms with van der Waals surface area (Å²) in [4.78, 5) is 17.7. The molecule has 1 N–H and O–H groups in total. The van der Waals surface area contributed by atoms with Crippen LogP contribution in [-0.2, 0) is 11.2 Å². The van der Waals surface area contributed by atoms with Gasteiger partial charge in [-0.15, -0.1) is 0 Å². The Labute approximate surface area is 172 Å². The van der Waals surface area contributed by atoms with Crippen LogP contribution in [0.3, 0.4) is 0 Å². The van der Waals surface area contributed by atoms with E-state index in [-0.39, 0.29) is 17.9 Å². The zero-order valence-corrected chi connectivity index (χ0v) is 17.4. The molecular weight excluding hydrogens is 366 g/mol. The molecular formula is C23H29N3O3. The van der Waals surface area contributed by atoms with Gasteiger partial charge in [-0.05, 0) is 49.2 Å². The Morgan fingerprint density at radius 2 is 1.79 bits per heavy atom. The average Bonchev–Trinajstić information content (AvgIpc) is 2.78. The van der Waals surface area contributed by atoms with E-state index in [4.69, 9.17) is 9.47 Å². The summed E-state index contributed by atoms with van der Waals surface area (Å²) in [5.41, 5.74) is 3.58. The number of hydrogen-bond donors (Lipinski definition) is 1. The van der Waals surface area contributed by atoms with E-state index >= 15 is 0 Å². The van der Waals surface area contributed by atoms with Crippen LogP contribution < -0.4 is 24.6 Å². The molecule has 1 amide bonds. The number of ether oxygens (including phenoxy) is 2. The van der Waals surface area contributed by atoms with Gasteiger partial charge in [-0.1, -0.05) is 6.07 Å². The first kappa shape index (κ1) is 19.4. The lowest BCUT2D eigenvalue weighted by molar-refractivity contribution is -0.125. The molecule has 6 heteroatoms. The van der Waals surface area contributed by atoms with E-state index in [0.717, 1.165) is 43.2 Å².